The van der Waals surface area contributed by atoms with Crippen molar-refractivity contribution in [3.8, 4) is 5.75 Å². The number of thioether (sulfide) groups is 1. The van der Waals surface area contributed by atoms with Crippen LogP contribution in [0.2, 0.25) is 5.02 Å². The Morgan fingerprint density at radius 1 is 1.30 bits per heavy atom. The van der Waals surface area contributed by atoms with Crippen LogP contribution in [0.4, 0.5) is 0 Å². The van der Waals surface area contributed by atoms with Gasteiger partial charge in [-0.15, -0.1) is 0 Å². The molecule has 0 bridgehead atoms. The van der Waals surface area contributed by atoms with Gasteiger partial charge in [0.1, 0.15) is 5.75 Å². The molecule has 5 nitrogen and oxygen atoms in total. The molecule has 30 heavy (non-hydrogen) atoms. The van der Waals surface area contributed by atoms with Crippen molar-refractivity contribution in [1.29, 1.82) is 0 Å². The number of hydrogen-bond acceptors (Lipinski definition) is 5. The van der Waals surface area contributed by atoms with Crippen LogP contribution in [0.1, 0.15) is 41.8 Å². The van der Waals surface area contributed by atoms with Gasteiger partial charge in [0.2, 0.25) is 0 Å². The second kappa shape index (κ2) is 9.64. The van der Waals surface area contributed by atoms with Crippen LogP contribution in [-0.4, -0.2) is 27.2 Å². The van der Waals surface area contributed by atoms with E-state index in [-0.39, 0.29) is 21.9 Å². The molecule has 2 amide bonds. The van der Waals surface area contributed by atoms with E-state index in [9.17, 15) is 9.59 Å². The maximum Gasteiger partial charge on any atom is 0.285 e. The lowest BCUT2D eigenvalue weighted by Gasteiger charge is -2.16. The molecular weight excluding hydrogens is 440 g/mol. The first kappa shape index (κ1) is 22.3. The molecule has 0 unspecified atom stereocenters. The molecule has 2 aromatic carbocycles. The summed E-state index contributed by atoms with van der Waals surface area (Å²) in [6.45, 7) is 5.95. The molecule has 3 rings (SSSR count). The lowest BCUT2D eigenvalue weighted by atomic mass is 10.1. The van der Waals surface area contributed by atoms with E-state index in [4.69, 9.17) is 28.6 Å². The molecule has 1 fully saturated rings. The molecule has 0 aliphatic carbocycles. The maximum atomic E-state index is 12.8. The van der Waals surface area contributed by atoms with Crippen LogP contribution < -0.4 is 10.2 Å². The van der Waals surface area contributed by atoms with Gasteiger partial charge in [0.05, 0.1) is 21.6 Å². The summed E-state index contributed by atoms with van der Waals surface area (Å²) in [4.78, 5) is 25.7. The molecule has 8 heteroatoms. The Balaban J connectivity index is 1.71. The molecule has 1 atom stereocenters. The van der Waals surface area contributed by atoms with Crippen LogP contribution in [0, 0.1) is 6.92 Å². The van der Waals surface area contributed by atoms with Gasteiger partial charge in [-0.25, -0.2) is 0 Å². The van der Waals surface area contributed by atoms with Gasteiger partial charge in [-0.2, -0.15) is 5.01 Å². The highest BCUT2D eigenvalue weighted by Crippen LogP contribution is 2.32. The molecule has 1 N–H and O–H groups in total. The van der Waals surface area contributed by atoms with Gasteiger partial charge in [-0.05, 0) is 74.0 Å². The maximum absolute atomic E-state index is 12.8. The molecule has 2 aromatic rings. The number of nitrogens with one attached hydrogen (secondary N) is 1. The van der Waals surface area contributed by atoms with Crippen molar-refractivity contribution < 1.29 is 14.3 Å². The molecule has 0 saturated carbocycles. The lowest BCUT2D eigenvalue weighted by molar-refractivity contribution is -0.123. The number of benzene rings is 2. The second-order valence-electron chi connectivity index (χ2n) is 6.85. The molecule has 1 saturated heterocycles. The van der Waals surface area contributed by atoms with Gasteiger partial charge < -0.3 is 4.74 Å². The van der Waals surface area contributed by atoms with Crippen molar-refractivity contribution in [2.24, 2.45) is 0 Å². The number of thiocarbonyl (C=S) groups is 1. The quantitative estimate of drug-likeness (QED) is 0.463. The predicted octanol–water partition coefficient (Wildman–Crippen LogP) is 5.37. The zero-order valence-electron chi connectivity index (χ0n) is 16.8. The fraction of sp³-hybridized carbons (Fsp3) is 0.227. The monoisotopic (exact) mass is 460 g/mol. The smallest absolute Gasteiger partial charge is 0.285 e. The minimum atomic E-state index is -0.496. The highest BCUT2D eigenvalue weighted by atomic mass is 35.5. The molecular formula is C22H21ClN2O3S2. The Labute approximate surface area is 190 Å². The molecule has 0 aromatic heterocycles. The number of aryl methyl sites for hydroxylation is 1. The third-order valence-corrected chi connectivity index (χ3v) is 6.08. The Morgan fingerprint density at radius 3 is 2.63 bits per heavy atom. The van der Waals surface area contributed by atoms with Crippen molar-refractivity contribution in [1.82, 2.24) is 10.4 Å². The number of hydrazine groups is 1. The molecule has 1 aliphatic rings. The van der Waals surface area contributed by atoms with Gasteiger partial charge in [0.15, 0.2) is 4.32 Å². The van der Waals surface area contributed by atoms with Gasteiger partial charge >= 0.3 is 0 Å². The molecule has 1 heterocycles. The molecule has 156 valence electrons. The molecule has 1 aliphatic heterocycles. The van der Waals surface area contributed by atoms with Crippen LogP contribution in [-0.2, 0) is 4.79 Å². The average Bonchev–Trinajstić information content (AvgIpc) is 2.96. The topological polar surface area (TPSA) is 58.6 Å². The third-order valence-electron chi connectivity index (χ3n) is 4.47. The van der Waals surface area contributed by atoms with E-state index in [0.29, 0.717) is 9.93 Å². The summed E-state index contributed by atoms with van der Waals surface area (Å²) in [6.07, 6.45) is 2.79. The number of carbonyl (C=O) groups excluding carboxylic acids is 2. The lowest BCUT2D eigenvalue weighted by Crippen LogP contribution is -2.44. The van der Waals surface area contributed by atoms with Crippen LogP contribution >= 0.6 is 35.6 Å². The van der Waals surface area contributed by atoms with Gasteiger partial charge in [0.25, 0.3) is 11.8 Å². The van der Waals surface area contributed by atoms with Gasteiger partial charge in [-0.3, -0.25) is 15.0 Å². The summed E-state index contributed by atoms with van der Waals surface area (Å²) in [5, 5.41) is 1.39. The fourth-order valence-corrected chi connectivity index (χ4v) is 4.14. The minimum Gasteiger partial charge on any atom is -0.491 e. The number of ether oxygens (including phenoxy) is 1. The van der Waals surface area contributed by atoms with Crippen molar-refractivity contribution in [2.45, 2.75) is 33.3 Å². The minimum absolute atomic E-state index is 0.137. The van der Waals surface area contributed by atoms with E-state index in [1.165, 1.54) is 0 Å². The van der Waals surface area contributed by atoms with E-state index >= 15 is 0 Å². The number of carbonyl (C=O) groups is 2. The first-order valence-electron chi connectivity index (χ1n) is 9.40. The standard InChI is InChI=1S/C22H21ClN2O3S2/c1-4-14(3)28-16-8-6-15(7-9-16)12-19-21(27)25(22(29)30-19)24-20(26)17-10-5-13(2)11-18(17)23/h5-12,14H,4H2,1-3H3,(H,24,26)/b19-12-/t14-/m1/s1. The van der Waals surface area contributed by atoms with Crippen molar-refractivity contribution >= 4 is 57.8 Å². The van der Waals surface area contributed by atoms with Crippen molar-refractivity contribution in [2.75, 3.05) is 0 Å². The average molecular weight is 461 g/mol. The zero-order chi connectivity index (χ0) is 21.8. The van der Waals surface area contributed by atoms with E-state index in [1.54, 1.807) is 24.3 Å². The number of halogens is 1. The Morgan fingerprint density at radius 2 is 2.00 bits per heavy atom. The number of hydrogen-bond donors (Lipinski definition) is 1. The highest BCUT2D eigenvalue weighted by molar-refractivity contribution is 8.26. The highest BCUT2D eigenvalue weighted by Gasteiger charge is 2.34. The van der Waals surface area contributed by atoms with E-state index in [1.807, 2.05) is 38.1 Å². The van der Waals surface area contributed by atoms with E-state index in [2.05, 4.69) is 12.3 Å². The normalized spacial score (nSPS) is 16.1. The van der Waals surface area contributed by atoms with Crippen LogP contribution in [0.5, 0.6) is 5.75 Å². The summed E-state index contributed by atoms with van der Waals surface area (Å²) < 4.78 is 6.02. The van der Waals surface area contributed by atoms with Crippen LogP contribution in [0.25, 0.3) is 6.08 Å². The Hall–Kier alpha value is -2.35. The number of nitrogens with zero attached hydrogens (tertiary/aromatic N) is 1. The summed E-state index contributed by atoms with van der Waals surface area (Å²) in [7, 11) is 0. The van der Waals surface area contributed by atoms with Gasteiger partial charge in [-0.1, -0.05) is 48.5 Å². The largest absolute Gasteiger partial charge is 0.491 e. The Bertz CT molecular complexity index is 1020. The molecule has 0 spiro atoms. The van der Waals surface area contributed by atoms with E-state index < -0.39 is 5.91 Å². The summed E-state index contributed by atoms with van der Waals surface area (Å²) >= 11 is 12.6. The number of amides is 2. The second-order valence-corrected chi connectivity index (χ2v) is 8.93. The zero-order valence-corrected chi connectivity index (χ0v) is 19.2. The first-order valence-corrected chi connectivity index (χ1v) is 11.0. The van der Waals surface area contributed by atoms with Crippen molar-refractivity contribution in [3.05, 3.63) is 69.1 Å². The third kappa shape index (κ3) is 5.22. The summed E-state index contributed by atoms with van der Waals surface area (Å²) in [5.41, 5.74) is 4.59. The number of rotatable bonds is 6. The first-order chi connectivity index (χ1) is 14.3. The summed E-state index contributed by atoms with van der Waals surface area (Å²) in [6, 6.07) is 12.5. The SMILES string of the molecule is CC[C@@H](C)Oc1ccc(/C=C2\SC(=S)N(NC(=O)c3ccc(C)cc3Cl)C2=O)cc1. The molecule has 0 radical (unpaired) electrons. The predicted molar refractivity (Wildman–Crippen MR) is 125 cm³/mol. The van der Waals surface area contributed by atoms with Crippen LogP contribution in [0.15, 0.2) is 47.4 Å². The van der Waals surface area contributed by atoms with Crippen molar-refractivity contribution in [3.63, 3.8) is 0 Å². The van der Waals surface area contributed by atoms with Gasteiger partial charge in [0, 0.05) is 0 Å². The summed E-state index contributed by atoms with van der Waals surface area (Å²) in [5.74, 6) is -0.109. The van der Waals surface area contributed by atoms with E-state index in [0.717, 1.165) is 40.1 Å². The van der Waals surface area contributed by atoms with Crippen LogP contribution in [0.3, 0.4) is 0 Å². The fourth-order valence-electron chi connectivity index (χ4n) is 2.64. The Kier molecular flexibility index (Phi) is 7.18.